The molecular formula is C9H8N6OS. The van der Waals surface area contributed by atoms with Crippen molar-refractivity contribution in [3.05, 3.63) is 40.6 Å². The fourth-order valence-electron chi connectivity index (χ4n) is 1.03. The molecule has 0 amide bonds. The number of aromatic nitrogens is 4. The van der Waals surface area contributed by atoms with E-state index in [1.165, 1.54) is 24.5 Å². The molecule has 86 valence electrons. The number of amidine groups is 1. The van der Waals surface area contributed by atoms with Crippen LogP contribution >= 0.6 is 11.8 Å². The van der Waals surface area contributed by atoms with E-state index < -0.39 is 0 Å². The van der Waals surface area contributed by atoms with E-state index in [0.717, 1.165) is 11.8 Å². The third-order valence-electron chi connectivity index (χ3n) is 1.75. The van der Waals surface area contributed by atoms with Crippen molar-refractivity contribution in [2.75, 3.05) is 0 Å². The van der Waals surface area contributed by atoms with Crippen LogP contribution < -0.4 is 11.3 Å². The normalized spacial score (nSPS) is 10.1. The van der Waals surface area contributed by atoms with Crippen molar-refractivity contribution in [3.63, 3.8) is 0 Å². The van der Waals surface area contributed by atoms with E-state index >= 15 is 0 Å². The van der Waals surface area contributed by atoms with E-state index in [2.05, 4.69) is 19.9 Å². The topological polar surface area (TPSA) is 121 Å². The molecule has 0 saturated heterocycles. The summed E-state index contributed by atoms with van der Waals surface area (Å²) in [6, 6.07) is 2.85. The first-order valence-corrected chi connectivity index (χ1v) is 5.37. The van der Waals surface area contributed by atoms with Crippen molar-refractivity contribution in [2.24, 2.45) is 5.73 Å². The van der Waals surface area contributed by atoms with Gasteiger partial charge in [0.1, 0.15) is 11.5 Å². The lowest BCUT2D eigenvalue weighted by atomic mass is 10.4. The number of nitrogens with two attached hydrogens (primary N) is 1. The van der Waals surface area contributed by atoms with Crippen LogP contribution in [0.25, 0.3) is 0 Å². The average Bonchev–Trinajstić information content (AvgIpc) is 2.29. The minimum Gasteiger partial charge on any atom is -0.382 e. The second-order valence-corrected chi connectivity index (χ2v) is 3.94. The Hall–Kier alpha value is -2.22. The van der Waals surface area contributed by atoms with Crippen LogP contribution in [0.15, 0.2) is 39.6 Å². The van der Waals surface area contributed by atoms with Crippen LogP contribution in [-0.4, -0.2) is 25.8 Å². The molecule has 4 N–H and O–H groups in total. The van der Waals surface area contributed by atoms with Gasteiger partial charge in [-0.15, -0.1) is 0 Å². The summed E-state index contributed by atoms with van der Waals surface area (Å²) in [6.07, 6.45) is 2.89. The van der Waals surface area contributed by atoms with Gasteiger partial charge in [-0.3, -0.25) is 10.2 Å². The Balaban J connectivity index is 2.27. The van der Waals surface area contributed by atoms with E-state index in [0.29, 0.717) is 16.0 Å². The molecule has 2 rings (SSSR count). The number of aromatic amines is 1. The number of nitrogen functional groups attached to an aromatic ring is 1. The minimum atomic E-state index is -0.245. The Kier molecular flexibility index (Phi) is 3.15. The molecule has 7 nitrogen and oxygen atoms in total. The van der Waals surface area contributed by atoms with Crippen molar-refractivity contribution in [1.82, 2.24) is 19.9 Å². The van der Waals surface area contributed by atoms with Crippen LogP contribution in [-0.2, 0) is 0 Å². The van der Waals surface area contributed by atoms with Gasteiger partial charge in [0, 0.05) is 18.5 Å². The van der Waals surface area contributed by atoms with Crippen molar-refractivity contribution in [1.29, 1.82) is 5.41 Å². The number of hydrogen-bond acceptors (Lipinski definition) is 6. The molecule has 0 aliphatic heterocycles. The molecule has 0 aliphatic carbocycles. The second-order valence-electron chi connectivity index (χ2n) is 2.98. The molecule has 8 heteroatoms. The summed E-state index contributed by atoms with van der Waals surface area (Å²) >= 11 is 1.09. The summed E-state index contributed by atoms with van der Waals surface area (Å²) in [4.78, 5) is 25.6. The van der Waals surface area contributed by atoms with Crippen LogP contribution in [0.5, 0.6) is 0 Å². The first-order valence-electron chi connectivity index (χ1n) is 4.56. The van der Waals surface area contributed by atoms with Gasteiger partial charge in [0.05, 0.1) is 0 Å². The van der Waals surface area contributed by atoms with E-state index in [1.807, 2.05) is 0 Å². The summed E-state index contributed by atoms with van der Waals surface area (Å²) in [5, 5.41) is 8.01. The maximum atomic E-state index is 11.1. The number of H-pyrrole nitrogens is 1. The molecule has 0 radical (unpaired) electrons. The van der Waals surface area contributed by atoms with Gasteiger partial charge in [-0.2, -0.15) is 0 Å². The Labute approximate surface area is 100 Å². The predicted molar refractivity (Wildman–Crippen MR) is 62.0 cm³/mol. The maximum Gasteiger partial charge on any atom is 0.251 e. The van der Waals surface area contributed by atoms with E-state index in [1.54, 1.807) is 0 Å². The lowest BCUT2D eigenvalue weighted by Crippen LogP contribution is -2.13. The van der Waals surface area contributed by atoms with Crippen molar-refractivity contribution < 1.29 is 0 Å². The summed E-state index contributed by atoms with van der Waals surface area (Å²) in [5.74, 6) is -0.135. The van der Waals surface area contributed by atoms with Gasteiger partial charge < -0.3 is 10.7 Å². The molecule has 0 aromatic carbocycles. The quantitative estimate of drug-likeness (QED) is 0.399. The van der Waals surface area contributed by atoms with Crippen molar-refractivity contribution >= 4 is 17.6 Å². The molecule has 0 atom stereocenters. The Bertz CT molecular complexity index is 610. The largest absolute Gasteiger partial charge is 0.382 e. The summed E-state index contributed by atoms with van der Waals surface area (Å²) in [7, 11) is 0. The summed E-state index contributed by atoms with van der Waals surface area (Å²) < 4.78 is 0. The van der Waals surface area contributed by atoms with Gasteiger partial charge in [-0.1, -0.05) is 0 Å². The summed E-state index contributed by atoms with van der Waals surface area (Å²) in [6.45, 7) is 0. The van der Waals surface area contributed by atoms with Crippen LogP contribution in [0.2, 0.25) is 0 Å². The number of rotatable bonds is 3. The molecule has 0 unspecified atom stereocenters. The predicted octanol–water partition coefficient (Wildman–Crippen LogP) is -0.00483. The monoisotopic (exact) mass is 248 g/mol. The van der Waals surface area contributed by atoms with Crippen LogP contribution in [0.3, 0.4) is 0 Å². The van der Waals surface area contributed by atoms with E-state index in [9.17, 15) is 4.79 Å². The molecule has 17 heavy (non-hydrogen) atoms. The lowest BCUT2D eigenvalue weighted by molar-refractivity contribution is 0.906. The molecule has 0 aliphatic rings. The molecule has 2 aromatic rings. The molecule has 0 saturated carbocycles. The average molecular weight is 248 g/mol. The molecule has 2 aromatic heterocycles. The van der Waals surface area contributed by atoms with Crippen LogP contribution in [0, 0.1) is 5.41 Å². The molecule has 0 bridgehead atoms. The van der Waals surface area contributed by atoms with Crippen molar-refractivity contribution in [3.8, 4) is 0 Å². The highest BCUT2D eigenvalue weighted by Crippen LogP contribution is 2.18. The van der Waals surface area contributed by atoms with E-state index in [-0.39, 0.29) is 11.4 Å². The molecule has 2 heterocycles. The third kappa shape index (κ3) is 2.88. The first kappa shape index (κ1) is 11.3. The highest BCUT2D eigenvalue weighted by Gasteiger charge is 2.05. The SMILES string of the molecule is N=C(N)c1ccnc(Sc2nccc(=O)[nH]2)n1. The smallest absolute Gasteiger partial charge is 0.251 e. The first-order chi connectivity index (χ1) is 8.15. The minimum absolute atomic E-state index is 0.135. The highest BCUT2D eigenvalue weighted by atomic mass is 32.2. The maximum absolute atomic E-state index is 11.1. The molecule has 0 fully saturated rings. The third-order valence-corrected chi connectivity index (χ3v) is 2.53. The Morgan fingerprint density at radius 3 is 2.82 bits per heavy atom. The fraction of sp³-hybridized carbons (Fsp3) is 0. The van der Waals surface area contributed by atoms with Gasteiger partial charge in [0.25, 0.3) is 5.56 Å². The Morgan fingerprint density at radius 2 is 2.12 bits per heavy atom. The van der Waals surface area contributed by atoms with Crippen LogP contribution in [0.1, 0.15) is 5.69 Å². The van der Waals surface area contributed by atoms with Gasteiger partial charge in [-0.25, -0.2) is 15.0 Å². The second kappa shape index (κ2) is 4.74. The number of nitrogens with zero attached hydrogens (tertiary/aromatic N) is 3. The number of hydrogen-bond donors (Lipinski definition) is 3. The van der Waals surface area contributed by atoms with Gasteiger partial charge in [-0.05, 0) is 17.8 Å². The van der Waals surface area contributed by atoms with Gasteiger partial charge in [0.2, 0.25) is 0 Å². The van der Waals surface area contributed by atoms with Gasteiger partial charge >= 0.3 is 0 Å². The number of nitrogens with one attached hydrogen (secondary N) is 2. The fourth-order valence-corrected chi connectivity index (χ4v) is 1.73. The van der Waals surface area contributed by atoms with E-state index in [4.69, 9.17) is 11.1 Å². The molecular weight excluding hydrogens is 240 g/mol. The zero-order valence-electron chi connectivity index (χ0n) is 8.54. The highest BCUT2D eigenvalue weighted by molar-refractivity contribution is 7.99. The standard InChI is InChI=1S/C9H8N6OS/c10-7(11)5-1-3-12-8(14-5)17-9-13-4-2-6(16)15-9/h1-4H,(H3,10,11)(H,13,15,16). The van der Waals surface area contributed by atoms with Gasteiger partial charge in [0.15, 0.2) is 10.3 Å². The Morgan fingerprint density at radius 1 is 1.35 bits per heavy atom. The molecule has 0 spiro atoms. The zero-order valence-corrected chi connectivity index (χ0v) is 9.36. The zero-order chi connectivity index (χ0) is 12.3. The summed E-state index contributed by atoms with van der Waals surface area (Å²) in [5.41, 5.74) is 5.40. The van der Waals surface area contributed by atoms with Crippen LogP contribution in [0.4, 0.5) is 0 Å². The lowest BCUT2D eigenvalue weighted by Gasteiger charge is -2.00. The van der Waals surface area contributed by atoms with Crippen molar-refractivity contribution in [2.45, 2.75) is 10.3 Å².